The molecule has 2 fully saturated rings. The van der Waals surface area contributed by atoms with Gasteiger partial charge in [0.1, 0.15) is 11.5 Å². The zero-order chi connectivity index (χ0) is 32.4. The molecule has 46 heavy (non-hydrogen) atoms. The summed E-state index contributed by atoms with van der Waals surface area (Å²) < 4.78 is 24.4. The lowest BCUT2D eigenvalue weighted by atomic mass is 9.78. The van der Waals surface area contributed by atoms with E-state index in [1.807, 2.05) is 0 Å². The average Bonchev–Trinajstić information content (AvgIpc) is 3.09. The maximum atomic E-state index is 6.15. The van der Waals surface area contributed by atoms with Crippen LogP contribution < -0.4 is 9.47 Å². The molecule has 0 amide bonds. The van der Waals surface area contributed by atoms with Crippen LogP contribution in [0.5, 0.6) is 11.5 Å². The van der Waals surface area contributed by atoms with Gasteiger partial charge in [0.25, 0.3) is 0 Å². The molecule has 4 rings (SSSR count). The normalized spacial score (nSPS) is 23.1. The first-order valence-corrected chi connectivity index (χ1v) is 19.2. The van der Waals surface area contributed by atoms with Gasteiger partial charge in [-0.15, -0.1) is 0 Å². The topological polar surface area (TPSA) is 36.9 Å². The maximum absolute atomic E-state index is 6.15. The van der Waals surface area contributed by atoms with Crippen LogP contribution in [-0.4, -0.2) is 25.4 Å². The van der Waals surface area contributed by atoms with Gasteiger partial charge < -0.3 is 18.9 Å². The summed E-state index contributed by atoms with van der Waals surface area (Å²) in [7, 11) is 0. The van der Waals surface area contributed by atoms with Gasteiger partial charge >= 0.3 is 0 Å². The number of hydrogen-bond acceptors (Lipinski definition) is 4. The van der Waals surface area contributed by atoms with Gasteiger partial charge in [0.15, 0.2) is 0 Å². The Labute approximate surface area is 282 Å². The SMILES string of the molecule is CCCC1CCC(CCCOc2ccc(COC(C)C(C)OCc3ccc(OCCCC4CCC(CCC)CC4)cc3)cc2)CC1. The fourth-order valence-corrected chi connectivity index (χ4v) is 7.65. The molecular weight excluding hydrogens is 568 g/mol. The van der Waals surface area contributed by atoms with Gasteiger partial charge in [-0.1, -0.05) is 115 Å². The van der Waals surface area contributed by atoms with Crippen molar-refractivity contribution >= 4 is 0 Å². The second-order valence-electron chi connectivity index (χ2n) is 14.7. The minimum absolute atomic E-state index is 0.00253. The molecular formula is C42H66O4. The van der Waals surface area contributed by atoms with Crippen molar-refractivity contribution in [1.29, 1.82) is 0 Å². The van der Waals surface area contributed by atoms with Crippen molar-refractivity contribution in [3.05, 3.63) is 59.7 Å². The van der Waals surface area contributed by atoms with Crippen LogP contribution in [0.1, 0.15) is 142 Å². The van der Waals surface area contributed by atoms with E-state index in [4.69, 9.17) is 18.9 Å². The third-order valence-electron chi connectivity index (χ3n) is 10.9. The van der Waals surface area contributed by atoms with Crippen LogP contribution in [0.15, 0.2) is 48.5 Å². The first kappa shape index (κ1) is 36.8. The van der Waals surface area contributed by atoms with Crippen molar-refractivity contribution in [2.75, 3.05) is 13.2 Å². The van der Waals surface area contributed by atoms with Crippen molar-refractivity contribution in [2.24, 2.45) is 23.7 Å². The van der Waals surface area contributed by atoms with Crippen molar-refractivity contribution in [3.63, 3.8) is 0 Å². The Morgan fingerprint density at radius 3 is 1.15 bits per heavy atom. The third-order valence-corrected chi connectivity index (χ3v) is 10.9. The molecule has 0 spiro atoms. The minimum atomic E-state index is -0.00253. The van der Waals surface area contributed by atoms with Gasteiger partial charge in [0.05, 0.1) is 38.6 Å². The second-order valence-corrected chi connectivity index (χ2v) is 14.7. The standard InChI is InChI=1S/C42H66O4/c1-5-9-35-13-17-37(18-14-35)11-7-29-43-41-25-21-39(22-26-41)31-45-33(3)34(4)46-32-40-23-27-42(28-24-40)44-30-8-12-38-19-15-36(10-6-2)16-20-38/h21-28,33-38H,5-20,29-32H2,1-4H3. The third kappa shape index (κ3) is 13.6. The Morgan fingerprint density at radius 1 is 0.500 bits per heavy atom. The van der Waals surface area contributed by atoms with Gasteiger partial charge in [-0.05, 0) is 98.6 Å². The van der Waals surface area contributed by atoms with E-state index in [9.17, 15) is 0 Å². The maximum Gasteiger partial charge on any atom is 0.119 e. The van der Waals surface area contributed by atoms with Gasteiger partial charge in [-0.3, -0.25) is 0 Å². The summed E-state index contributed by atoms with van der Waals surface area (Å²) in [6.45, 7) is 11.6. The van der Waals surface area contributed by atoms with Crippen molar-refractivity contribution in [3.8, 4) is 11.5 Å². The van der Waals surface area contributed by atoms with Crippen molar-refractivity contribution in [2.45, 2.75) is 156 Å². The quantitative estimate of drug-likeness (QED) is 0.128. The molecule has 0 saturated heterocycles. The molecule has 2 unspecified atom stereocenters. The summed E-state index contributed by atoms with van der Waals surface area (Å²) in [6.07, 6.45) is 21.9. The van der Waals surface area contributed by atoms with E-state index >= 15 is 0 Å². The first-order valence-electron chi connectivity index (χ1n) is 19.2. The highest BCUT2D eigenvalue weighted by molar-refractivity contribution is 5.27. The molecule has 2 aromatic rings. The van der Waals surface area contributed by atoms with E-state index in [-0.39, 0.29) is 12.2 Å². The molecule has 0 radical (unpaired) electrons. The molecule has 4 heteroatoms. The number of benzene rings is 2. The largest absolute Gasteiger partial charge is 0.494 e. The molecule has 4 nitrogen and oxygen atoms in total. The molecule has 2 saturated carbocycles. The molecule has 2 aliphatic rings. The lowest BCUT2D eigenvalue weighted by molar-refractivity contribution is -0.0687. The Hall–Kier alpha value is -2.04. The Bertz CT molecular complexity index is 949. The lowest BCUT2D eigenvalue weighted by Gasteiger charge is -2.28. The van der Waals surface area contributed by atoms with Gasteiger partial charge in [0.2, 0.25) is 0 Å². The van der Waals surface area contributed by atoms with Crippen LogP contribution in [0.25, 0.3) is 0 Å². The summed E-state index contributed by atoms with van der Waals surface area (Å²) in [5, 5.41) is 0. The van der Waals surface area contributed by atoms with Crippen LogP contribution >= 0.6 is 0 Å². The number of rotatable bonds is 21. The monoisotopic (exact) mass is 634 g/mol. The highest BCUT2D eigenvalue weighted by atomic mass is 16.5. The summed E-state index contributed by atoms with van der Waals surface area (Å²) in [5.74, 6) is 5.72. The van der Waals surface area contributed by atoms with Gasteiger partial charge in [-0.2, -0.15) is 0 Å². The Kier molecular flexibility index (Phi) is 16.8. The molecule has 2 aromatic carbocycles. The van der Waals surface area contributed by atoms with E-state index in [0.29, 0.717) is 13.2 Å². The summed E-state index contributed by atoms with van der Waals surface area (Å²) >= 11 is 0. The van der Waals surface area contributed by atoms with Crippen molar-refractivity contribution < 1.29 is 18.9 Å². The predicted molar refractivity (Wildman–Crippen MR) is 192 cm³/mol. The molecule has 0 N–H and O–H groups in total. The summed E-state index contributed by atoms with van der Waals surface area (Å²) in [5.41, 5.74) is 2.32. The highest BCUT2D eigenvalue weighted by Gasteiger charge is 2.21. The molecule has 2 atom stereocenters. The minimum Gasteiger partial charge on any atom is -0.494 e. The average molecular weight is 635 g/mol. The van der Waals surface area contributed by atoms with Crippen LogP contribution in [0, 0.1) is 23.7 Å². The molecule has 0 aliphatic heterocycles. The van der Waals surface area contributed by atoms with Gasteiger partial charge in [0, 0.05) is 0 Å². The highest BCUT2D eigenvalue weighted by Crippen LogP contribution is 2.35. The van der Waals surface area contributed by atoms with Gasteiger partial charge in [-0.25, -0.2) is 0 Å². The fourth-order valence-electron chi connectivity index (χ4n) is 7.65. The summed E-state index contributed by atoms with van der Waals surface area (Å²) in [4.78, 5) is 0. The van der Waals surface area contributed by atoms with Crippen LogP contribution in [0.4, 0.5) is 0 Å². The van der Waals surface area contributed by atoms with E-state index in [0.717, 1.165) is 72.4 Å². The van der Waals surface area contributed by atoms with Crippen LogP contribution in [-0.2, 0) is 22.7 Å². The Balaban J connectivity index is 1.03. The fraction of sp³-hybridized carbons (Fsp3) is 0.714. The van der Waals surface area contributed by atoms with E-state index in [1.54, 1.807) is 0 Å². The van der Waals surface area contributed by atoms with Crippen LogP contribution in [0.3, 0.4) is 0 Å². The molecule has 0 bridgehead atoms. The van der Waals surface area contributed by atoms with E-state index in [2.05, 4.69) is 76.2 Å². The molecule has 2 aliphatic carbocycles. The molecule has 0 aromatic heterocycles. The van der Waals surface area contributed by atoms with E-state index in [1.165, 1.54) is 89.9 Å². The second kappa shape index (κ2) is 21.0. The van der Waals surface area contributed by atoms with E-state index < -0.39 is 0 Å². The Morgan fingerprint density at radius 2 is 0.826 bits per heavy atom. The predicted octanol–water partition coefficient (Wildman–Crippen LogP) is 11.7. The molecule has 258 valence electrons. The molecule has 0 heterocycles. The zero-order valence-corrected chi connectivity index (χ0v) is 29.9. The number of ether oxygens (including phenoxy) is 4. The first-order chi connectivity index (χ1) is 22.5. The van der Waals surface area contributed by atoms with Crippen LogP contribution in [0.2, 0.25) is 0 Å². The lowest BCUT2D eigenvalue weighted by Crippen LogP contribution is -2.26. The van der Waals surface area contributed by atoms with Crippen molar-refractivity contribution in [1.82, 2.24) is 0 Å². The summed E-state index contributed by atoms with van der Waals surface area (Å²) in [6, 6.07) is 16.8. The zero-order valence-electron chi connectivity index (χ0n) is 29.9. The number of hydrogen-bond donors (Lipinski definition) is 0. The smallest absolute Gasteiger partial charge is 0.119 e.